The molecule has 3 nitrogen and oxygen atoms in total. The summed E-state index contributed by atoms with van der Waals surface area (Å²) in [4.78, 5) is 12.2. The third kappa shape index (κ3) is 2.63. The normalized spacial score (nSPS) is 10.7. The highest BCUT2D eigenvalue weighted by Gasteiger charge is 2.13. The molecule has 100 valence electrons. The Balaban J connectivity index is 2.11. The second-order valence-corrected chi connectivity index (χ2v) is 7.46. The minimum absolute atomic E-state index is 0.583. The second-order valence-electron chi connectivity index (χ2n) is 4.08. The molecule has 2 aromatic heterocycles. The molecular formula is C14H8Br2N2OS. The van der Waals surface area contributed by atoms with Gasteiger partial charge < -0.3 is 0 Å². The third-order valence-corrected chi connectivity index (χ3v) is 4.87. The van der Waals surface area contributed by atoms with Crippen LogP contribution in [0, 0.1) is 0 Å². The lowest BCUT2D eigenvalue weighted by Gasteiger charge is -2.00. The Morgan fingerprint density at radius 3 is 2.70 bits per heavy atom. The molecule has 0 unspecified atom stereocenters. The topological polar surface area (TPSA) is 34.9 Å². The second kappa shape index (κ2) is 5.63. The van der Waals surface area contributed by atoms with E-state index in [1.807, 2.05) is 36.4 Å². The summed E-state index contributed by atoms with van der Waals surface area (Å²) in [6.45, 7) is 0. The standard InChI is InChI=1S/C14H8Br2N2OS/c15-10-2-1-3-11(6-10)18-7-9(8-19)14(17-18)12-4-5-13(16)20-12/h1-8H. The van der Waals surface area contributed by atoms with Gasteiger partial charge in [0.05, 0.1) is 19.9 Å². The maximum Gasteiger partial charge on any atom is 0.153 e. The first-order valence-electron chi connectivity index (χ1n) is 5.74. The number of nitrogens with zero attached hydrogens (tertiary/aromatic N) is 2. The zero-order valence-electron chi connectivity index (χ0n) is 10.1. The number of hydrogen-bond acceptors (Lipinski definition) is 3. The Morgan fingerprint density at radius 1 is 1.20 bits per heavy atom. The number of thiophene rings is 1. The van der Waals surface area contributed by atoms with Crippen molar-refractivity contribution in [3.63, 3.8) is 0 Å². The fraction of sp³-hybridized carbons (Fsp3) is 0. The number of carbonyl (C=O) groups is 1. The lowest BCUT2D eigenvalue weighted by Crippen LogP contribution is -1.94. The van der Waals surface area contributed by atoms with Crippen molar-refractivity contribution in [3.05, 3.63) is 56.4 Å². The molecule has 0 radical (unpaired) electrons. The molecule has 0 saturated carbocycles. The molecule has 0 aliphatic carbocycles. The van der Waals surface area contributed by atoms with E-state index in [1.165, 1.54) is 0 Å². The SMILES string of the molecule is O=Cc1cn(-c2cccc(Br)c2)nc1-c1ccc(Br)s1. The van der Waals surface area contributed by atoms with Crippen LogP contribution in [0.4, 0.5) is 0 Å². The smallest absolute Gasteiger partial charge is 0.153 e. The quantitative estimate of drug-likeness (QED) is 0.572. The molecular weight excluding hydrogens is 404 g/mol. The van der Waals surface area contributed by atoms with Crippen LogP contribution in [-0.4, -0.2) is 16.1 Å². The first-order valence-corrected chi connectivity index (χ1v) is 8.14. The van der Waals surface area contributed by atoms with Crippen LogP contribution in [0.2, 0.25) is 0 Å². The fourth-order valence-electron chi connectivity index (χ4n) is 1.86. The van der Waals surface area contributed by atoms with E-state index in [4.69, 9.17) is 0 Å². The maximum atomic E-state index is 11.2. The molecule has 0 N–H and O–H groups in total. The molecule has 2 heterocycles. The number of carbonyl (C=O) groups excluding carboxylic acids is 1. The van der Waals surface area contributed by atoms with E-state index in [1.54, 1.807) is 22.2 Å². The van der Waals surface area contributed by atoms with Crippen LogP contribution in [0.25, 0.3) is 16.3 Å². The zero-order chi connectivity index (χ0) is 14.1. The van der Waals surface area contributed by atoms with Crippen LogP contribution < -0.4 is 0 Å². The largest absolute Gasteiger partial charge is 0.298 e. The van der Waals surface area contributed by atoms with Crippen molar-refractivity contribution in [2.24, 2.45) is 0 Å². The number of halogens is 2. The lowest BCUT2D eigenvalue weighted by atomic mass is 10.2. The molecule has 0 spiro atoms. The Hall–Kier alpha value is -1.24. The van der Waals surface area contributed by atoms with Crippen LogP contribution in [-0.2, 0) is 0 Å². The van der Waals surface area contributed by atoms with Crippen molar-refractivity contribution in [1.82, 2.24) is 9.78 Å². The molecule has 0 aliphatic rings. The van der Waals surface area contributed by atoms with Gasteiger partial charge in [0.25, 0.3) is 0 Å². The first-order chi connectivity index (χ1) is 9.67. The highest BCUT2D eigenvalue weighted by molar-refractivity contribution is 9.11. The van der Waals surface area contributed by atoms with E-state index < -0.39 is 0 Å². The van der Waals surface area contributed by atoms with Gasteiger partial charge in [-0.05, 0) is 46.3 Å². The van der Waals surface area contributed by atoms with Crippen LogP contribution >= 0.6 is 43.2 Å². The van der Waals surface area contributed by atoms with Crippen LogP contribution in [0.5, 0.6) is 0 Å². The van der Waals surface area contributed by atoms with Gasteiger partial charge in [0.15, 0.2) is 6.29 Å². The van der Waals surface area contributed by atoms with Crippen molar-refractivity contribution in [1.29, 1.82) is 0 Å². The number of hydrogen-bond donors (Lipinski definition) is 0. The molecule has 1 aromatic carbocycles. The van der Waals surface area contributed by atoms with Crippen molar-refractivity contribution in [2.45, 2.75) is 0 Å². The zero-order valence-corrected chi connectivity index (χ0v) is 14.1. The fourth-order valence-corrected chi connectivity index (χ4v) is 3.64. The van der Waals surface area contributed by atoms with Gasteiger partial charge in [-0.3, -0.25) is 4.79 Å². The molecule has 0 bridgehead atoms. The Labute approximate surface area is 136 Å². The summed E-state index contributed by atoms with van der Waals surface area (Å²) in [6.07, 6.45) is 2.59. The average Bonchev–Trinajstić information content (AvgIpc) is 3.04. The summed E-state index contributed by atoms with van der Waals surface area (Å²) >= 11 is 8.42. The molecule has 3 aromatic rings. The summed E-state index contributed by atoms with van der Waals surface area (Å²) < 4.78 is 3.71. The Morgan fingerprint density at radius 2 is 2.05 bits per heavy atom. The minimum atomic E-state index is 0.583. The average molecular weight is 412 g/mol. The van der Waals surface area contributed by atoms with Gasteiger partial charge in [0.1, 0.15) is 5.69 Å². The number of benzene rings is 1. The van der Waals surface area contributed by atoms with E-state index in [0.717, 1.165) is 25.1 Å². The van der Waals surface area contributed by atoms with E-state index in [9.17, 15) is 4.79 Å². The number of aromatic nitrogens is 2. The van der Waals surface area contributed by atoms with Gasteiger partial charge in [-0.1, -0.05) is 22.0 Å². The predicted octanol–water partition coefficient (Wildman–Crippen LogP) is 4.94. The molecule has 0 atom stereocenters. The summed E-state index contributed by atoms with van der Waals surface area (Å²) in [5, 5.41) is 4.53. The summed E-state index contributed by atoms with van der Waals surface area (Å²) in [6, 6.07) is 11.7. The molecule has 0 amide bonds. The highest BCUT2D eigenvalue weighted by Crippen LogP contribution is 2.32. The summed E-state index contributed by atoms with van der Waals surface area (Å²) in [7, 11) is 0. The van der Waals surface area contributed by atoms with Gasteiger partial charge in [-0.2, -0.15) is 5.10 Å². The van der Waals surface area contributed by atoms with Crippen molar-refractivity contribution in [3.8, 4) is 16.3 Å². The molecule has 6 heteroatoms. The number of rotatable bonds is 3. The van der Waals surface area contributed by atoms with Gasteiger partial charge in [0, 0.05) is 10.7 Å². The van der Waals surface area contributed by atoms with E-state index in [2.05, 4.69) is 37.0 Å². The number of aldehydes is 1. The van der Waals surface area contributed by atoms with Gasteiger partial charge in [-0.15, -0.1) is 11.3 Å². The van der Waals surface area contributed by atoms with Crippen molar-refractivity contribution in [2.75, 3.05) is 0 Å². The van der Waals surface area contributed by atoms with Gasteiger partial charge >= 0.3 is 0 Å². The minimum Gasteiger partial charge on any atom is -0.298 e. The third-order valence-electron chi connectivity index (χ3n) is 2.75. The molecule has 0 fully saturated rings. The van der Waals surface area contributed by atoms with E-state index in [0.29, 0.717) is 11.3 Å². The Bertz CT molecular complexity index is 779. The molecule has 3 rings (SSSR count). The molecule has 0 saturated heterocycles. The molecule has 20 heavy (non-hydrogen) atoms. The summed E-state index contributed by atoms with van der Waals surface area (Å²) in [5.41, 5.74) is 2.19. The van der Waals surface area contributed by atoms with Crippen molar-refractivity contribution >= 4 is 49.5 Å². The van der Waals surface area contributed by atoms with Crippen LogP contribution in [0.1, 0.15) is 10.4 Å². The van der Waals surface area contributed by atoms with Crippen LogP contribution in [0.15, 0.2) is 50.9 Å². The van der Waals surface area contributed by atoms with Gasteiger partial charge in [-0.25, -0.2) is 4.68 Å². The Kier molecular flexibility index (Phi) is 3.87. The predicted molar refractivity (Wildman–Crippen MR) is 87.7 cm³/mol. The van der Waals surface area contributed by atoms with Crippen LogP contribution in [0.3, 0.4) is 0 Å². The first kappa shape index (κ1) is 13.7. The van der Waals surface area contributed by atoms with E-state index in [-0.39, 0.29) is 0 Å². The van der Waals surface area contributed by atoms with Crippen molar-refractivity contribution < 1.29 is 4.79 Å². The highest BCUT2D eigenvalue weighted by atomic mass is 79.9. The lowest BCUT2D eigenvalue weighted by molar-refractivity contribution is 0.112. The monoisotopic (exact) mass is 410 g/mol. The maximum absolute atomic E-state index is 11.2. The summed E-state index contributed by atoms with van der Waals surface area (Å²) in [5.74, 6) is 0. The van der Waals surface area contributed by atoms with E-state index >= 15 is 0 Å². The molecule has 0 aliphatic heterocycles. The van der Waals surface area contributed by atoms with Gasteiger partial charge in [0.2, 0.25) is 0 Å².